The van der Waals surface area contributed by atoms with Crippen molar-refractivity contribution in [1.82, 2.24) is 5.32 Å². The second-order valence-electron chi connectivity index (χ2n) is 6.07. The van der Waals surface area contributed by atoms with Crippen molar-refractivity contribution in [3.8, 4) is 0 Å². The fourth-order valence-electron chi connectivity index (χ4n) is 3.03. The Hall–Kier alpha value is -1.85. The lowest BCUT2D eigenvalue weighted by Crippen LogP contribution is -2.27. The number of carbonyl (C=O) groups excluding carboxylic acids is 1. The van der Waals surface area contributed by atoms with E-state index in [0.717, 1.165) is 33.9 Å². The minimum atomic E-state index is -0.191. The van der Waals surface area contributed by atoms with Crippen molar-refractivity contribution in [1.29, 1.82) is 0 Å². The highest BCUT2D eigenvalue weighted by Gasteiger charge is 2.23. The molecule has 2 unspecified atom stereocenters. The molecule has 0 bridgehead atoms. The Bertz CT molecular complexity index is 750. The summed E-state index contributed by atoms with van der Waals surface area (Å²) in [5.41, 5.74) is 2.92. The van der Waals surface area contributed by atoms with Crippen molar-refractivity contribution in [3.05, 3.63) is 59.4 Å². The number of amides is 1. The van der Waals surface area contributed by atoms with E-state index < -0.39 is 0 Å². The maximum Gasteiger partial charge on any atom is 0.221 e. The van der Waals surface area contributed by atoms with Crippen LogP contribution in [0.5, 0.6) is 0 Å². The molecule has 126 valence electrons. The Morgan fingerprint density at radius 2 is 2.12 bits per heavy atom. The second-order valence-corrected chi connectivity index (χ2v) is 7.20. The predicted molar refractivity (Wildman–Crippen MR) is 96.8 cm³/mol. The van der Waals surface area contributed by atoms with Gasteiger partial charge in [-0.1, -0.05) is 12.1 Å². The molecule has 0 spiro atoms. The quantitative estimate of drug-likeness (QED) is 0.847. The molecule has 2 aromatic rings. The number of rotatable bonds is 4. The van der Waals surface area contributed by atoms with E-state index in [9.17, 15) is 9.18 Å². The lowest BCUT2D eigenvalue weighted by atomic mass is 10.0. The summed E-state index contributed by atoms with van der Waals surface area (Å²) in [5, 5.41) is 6.41. The molecule has 3 rings (SSSR count). The first-order valence-corrected chi connectivity index (χ1v) is 9.07. The van der Waals surface area contributed by atoms with Crippen molar-refractivity contribution >= 4 is 23.4 Å². The molecule has 2 N–H and O–H groups in total. The summed E-state index contributed by atoms with van der Waals surface area (Å²) in [6.45, 7) is 3.59. The van der Waals surface area contributed by atoms with E-state index in [4.69, 9.17) is 0 Å². The third-order valence-corrected chi connectivity index (χ3v) is 5.29. The third-order valence-electron chi connectivity index (χ3n) is 4.17. The first kappa shape index (κ1) is 17.0. The van der Waals surface area contributed by atoms with Gasteiger partial charge in [-0.2, -0.15) is 0 Å². The van der Waals surface area contributed by atoms with E-state index >= 15 is 0 Å². The molecule has 2 atom stereocenters. The summed E-state index contributed by atoms with van der Waals surface area (Å²) in [4.78, 5) is 12.4. The normalized spacial score (nSPS) is 17.9. The number of hydrogen-bond acceptors (Lipinski definition) is 3. The van der Waals surface area contributed by atoms with Crippen LogP contribution in [-0.4, -0.2) is 11.7 Å². The van der Waals surface area contributed by atoms with Crippen molar-refractivity contribution < 1.29 is 9.18 Å². The van der Waals surface area contributed by atoms with Crippen LogP contribution in [0.2, 0.25) is 0 Å². The van der Waals surface area contributed by atoms with Gasteiger partial charge in [0.25, 0.3) is 0 Å². The van der Waals surface area contributed by atoms with E-state index in [2.05, 4.69) is 17.6 Å². The number of carbonyl (C=O) groups is 1. The zero-order valence-electron chi connectivity index (χ0n) is 13.8. The van der Waals surface area contributed by atoms with E-state index in [0.29, 0.717) is 0 Å². The van der Waals surface area contributed by atoms with Crippen LogP contribution in [0.4, 0.5) is 10.1 Å². The first-order valence-electron chi connectivity index (χ1n) is 8.09. The predicted octanol–water partition coefficient (Wildman–Crippen LogP) is 4.67. The average molecular weight is 344 g/mol. The molecule has 0 saturated carbocycles. The second kappa shape index (κ2) is 7.36. The number of anilines is 1. The van der Waals surface area contributed by atoms with Crippen LogP contribution < -0.4 is 10.6 Å². The van der Waals surface area contributed by atoms with Crippen LogP contribution in [0.15, 0.2) is 47.4 Å². The van der Waals surface area contributed by atoms with Crippen LogP contribution in [-0.2, 0) is 4.79 Å². The molecule has 0 fully saturated rings. The van der Waals surface area contributed by atoms with Crippen LogP contribution >= 0.6 is 11.8 Å². The zero-order chi connectivity index (χ0) is 17.1. The number of thioether (sulfide) groups is 1. The fourth-order valence-corrected chi connectivity index (χ4v) is 4.13. The van der Waals surface area contributed by atoms with E-state index in [-0.39, 0.29) is 23.8 Å². The third kappa shape index (κ3) is 3.97. The summed E-state index contributed by atoms with van der Waals surface area (Å²) in [6, 6.07) is 13.1. The fraction of sp³-hybridized carbons (Fsp3) is 0.316. The van der Waals surface area contributed by atoms with Gasteiger partial charge in [-0.05, 0) is 60.6 Å². The summed E-state index contributed by atoms with van der Waals surface area (Å²) in [7, 11) is 0. The molecule has 1 aliphatic heterocycles. The van der Waals surface area contributed by atoms with Gasteiger partial charge in [-0.3, -0.25) is 4.79 Å². The van der Waals surface area contributed by atoms with Gasteiger partial charge >= 0.3 is 0 Å². The van der Waals surface area contributed by atoms with Gasteiger partial charge in [0, 0.05) is 29.6 Å². The maximum absolute atomic E-state index is 13.6. The largest absolute Gasteiger partial charge is 0.326 e. The van der Waals surface area contributed by atoms with E-state index in [1.807, 2.05) is 30.3 Å². The Labute approximate surface area is 146 Å². The van der Waals surface area contributed by atoms with Crippen molar-refractivity contribution in [2.45, 2.75) is 37.2 Å². The lowest BCUT2D eigenvalue weighted by Gasteiger charge is -2.29. The van der Waals surface area contributed by atoms with Gasteiger partial charge in [-0.15, -0.1) is 11.8 Å². The maximum atomic E-state index is 13.6. The highest BCUT2D eigenvalue weighted by atomic mass is 32.2. The molecule has 1 amide bonds. The molecule has 2 aromatic carbocycles. The molecular formula is C19H21FN2OS. The minimum absolute atomic E-state index is 0.0820. The standard InChI is InChI=1S/C19H21FN2OS/c1-12(14-4-3-5-16(10-14)22-13(2)23)21-18-8-9-24-19-7-6-15(20)11-17(18)19/h3-7,10-12,18,21H,8-9H2,1-2H3,(H,22,23). The van der Waals surface area contributed by atoms with Crippen LogP contribution in [0.3, 0.4) is 0 Å². The number of benzene rings is 2. The van der Waals surface area contributed by atoms with Gasteiger partial charge < -0.3 is 10.6 Å². The molecule has 0 radical (unpaired) electrons. The van der Waals surface area contributed by atoms with Gasteiger partial charge in [-0.25, -0.2) is 4.39 Å². The van der Waals surface area contributed by atoms with Crippen molar-refractivity contribution in [3.63, 3.8) is 0 Å². The van der Waals surface area contributed by atoms with Gasteiger partial charge in [0.15, 0.2) is 0 Å². The topological polar surface area (TPSA) is 41.1 Å². The number of nitrogens with one attached hydrogen (secondary N) is 2. The SMILES string of the molecule is CC(=O)Nc1cccc(C(C)NC2CCSc3ccc(F)cc32)c1. The van der Waals surface area contributed by atoms with E-state index in [1.165, 1.54) is 13.0 Å². The molecule has 0 aromatic heterocycles. The Morgan fingerprint density at radius 1 is 1.29 bits per heavy atom. The van der Waals surface area contributed by atoms with Gasteiger partial charge in [0.05, 0.1) is 0 Å². The molecule has 1 heterocycles. The summed E-state index contributed by atoms with van der Waals surface area (Å²) in [6.07, 6.45) is 0.969. The van der Waals surface area contributed by atoms with Gasteiger partial charge in [0.2, 0.25) is 5.91 Å². The first-order chi connectivity index (χ1) is 11.5. The summed E-state index contributed by atoms with van der Waals surface area (Å²) in [5.74, 6) is 0.749. The average Bonchev–Trinajstić information content (AvgIpc) is 2.55. The highest BCUT2D eigenvalue weighted by molar-refractivity contribution is 7.99. The molecule has 0 aliphatic carbocycles. The number of halogens is 1. The molecule has 0 saturated heterocycles. The molecule has 1 aliphatic rings. The Balaban J connectivity index is 1.77. The van der Waals surface area contributed by atoms with Gasteiger partial charge in [0.1, 0.15) is 5.82 Å². The smallest absolute Gasteiger partial charge is 0.221 e. The lowest BCUT2D eigenvalue weighted by molar-refractivity contribution is -0.114. The van der Waals surface area contributed by atoms with Crippen molar-refractivity contribution in [2.75, 3.05) is 11.1 Å². The highest BCUT2D eigenvalue weighted by Crippen LogP contribution is 2.37. The van der Waals surface area contributed by atoms with Crippen LogP contribution in [0.1, 0.15) is 43.5 Å². The molecule has 24 heavy (non-hydrogen) atoms. The number of hydrogen-bond donors (Lipinski definition) is 2. The molecule has 3 nitrogen and oxygen atoms in total. The monoisotopic (exact) mass is 344 g/mol. The van der Waals surface area contributed by atoms with E-state index in [1.54, 1.807) is 17.8 Å². The molecule has 5 heteroatoms. The van der Waals surface area contributed by atoms with Crippen molar-refractivity contribution in [2.24, 2.45) is 0 Å². The Kier molecular flexibility index (Phi) is 5.21. The zero-order valence-corrected chi connectivity index (χ0v) is 14.6. The molecular weight excluding hydrogens is 323 g/mol. The minimum Gasteiger partial charge on any atom is -0.326 e. The summed E-state index contributed by atoms with van der Waals surface area (Å²) >= 11 is 1.78. The Morgan fingerprint density at radius 3 is 2.92 bits per heavy atom. The van der Waals surface area contributed by atoms with Crippen LogP contribution in [0, 0.1) is 5.82 Å². The summed E-state index contributed by atoms with van der Waals surface area (Å²) < 4.78 is 13.6. The number of fused-ring (bicyclic) bond motifs is 1. The van der Waals surface area contributed by atoms with Crippen LogP contribution in [0.25, 0.3) is 0 Å².